The number of carbonyl (C=O) groups excluding carboxylic acids is 1. The van der Waals surface area contributed by atoms with Crippen LogP contribution in [0.4, 0.5) is 4.39 Å². The second-order valence-corrected chi connectivity index (χ2v) is 6.14. The molecule has 0 aliphatic heterocycles. The Labute approximate surface area is 152 Å². The van der Waals surface area contributed by atoms with Crippen molar-refractivity contribution in [2.45, 2.75) is 12.6 Å². The van der Waals surface area contributed by atoms with Gasteiger partial charge in [-0.3, -0.25) is 9.69 Å². The molecular formula is C21H21FN2O2. The van der Waals surface area contributed by atoms with Gasteiger partial charge in [-0.25, -0.2) is 4.39 Å². The second-order valence-electron chi connectivity index (χ2n) is 6.14. The Hall–Kier alpha value is -2.92. The van der Waals surface area contributed by atoms with E-state index in [1.165, 1.54) is 12.1 Å². The Balaban J connectivity index is 1.73. The van der Waals surface area contributed by atoms with Gasteiger partial charge in [-0.2, -0.15) is 0 Å². The van der Waals surface area contributed by atoms with Crippen molar-refractivity contribution in [3.63, 3.8) is 0 Å². The first-order valence-electron chi connectivity index (χ1n) is 8.43. The molecule has 0 radical (unpaired) electrons. The molecule has 5 heteroatoms. The summed E-state index contributed by atoms with van der Waals surface area (Å²) in [7, 11) is 1.88. The molecule has 134 valence electrons. The molecule has 4 nitrogen and oxygen atoms in total. The van der Waals surface area contributed by atoms with Crippen LogP contribution in [-0.2, 0) is 11.3 Å². The summed E-state index contributed by atoms with van der Waals surface area (Å²) in [6.07, 6.45) is 1.58. The molecule has 1 heterocycles. The van der Waals surface area contributed by atoms with Gasteiger partial charge in [0.1, 0.15) is 11.6 Å². The number of hydrogen-bond donors (Lipinski definition) is 1. The number of amides is 1. The Morgan fingerprint density at radius 1 is 1.04 bits per heavy atom. The number of nitrogens with one attached hydrogen (secondary N) is 1. The molecule has 0 saturated heterocycles. The molecular weight excluding hydrogens is 331 g/mol. The molecule has 0 bridgehead atoms. The van der Waals surface area contributed by atoms with E-state index in [-0.39, 0.29) is 24.3 Å². The fraction of sp³-hybridized carbons (Fsp3) is 0.190. The standard InChI is InChI=1S/C21H21FN2O2/c1-24(15-20(25)23-14-19-8-5-13-26-19)21(16-6-3-2-4-7-16)17-9-11-18(22)12-10-17/h2-13,21H,14-15H2,1H3,(H,23,25). The molecule has 1 aromatic heterocycles. The zero-order valence-electron chi connectivity index (χ0n) is 14.6. The molecule has 2 aromatic carbocycles. The van der Waals surface area contributed by atoms with Crippen LogP contribution in [0.15, 0.2) is 77.4 Å². The molecule has 3 aromatic rings. The van der Waals surface area contributed by atoms with Crippen LogP contribution in [0, 0.1) is 5.82 Å². The highest BCUT2D eigenvalue weighted by Gasteiger charge is 2.21. The quantitative estimate of drug-likeness (QED) is 0.704. The number of hydrogen-bond acceptors (Lipinski definition) is 3. The monoisotopic (exact) mass is 352 g/mol. The van der Waals surface area contributed by atoms with Crippen molar-refractivity contribution >= 4 is 5.91 Å². The number of halogens is 1. The zero-order chi connectivity index (χ0) is 18.4. The van der Waals surface area contributed by atoms with E-state index in [4.69, 9.17) is 4.42 Å². The summed E-state index contributed by atoms with van der Waals surface area (Å²) in [5, 5.41) is 2.85. The van der Waals surface area contributed by atoms with Gasteiger partial charge >= 0.3 is 0 Å². The highest BCUT2D eigenvalue weighted by Crippen LogP contribution is 2.27. The molecule has 3 rings (SSSR count). The second kappa shape index (κ2) is 8.45. The first kappa shape index (κ1) is 17.9. The minimum Gasteiger partial charge on any atom is -0.467 e. The van der Waals surface area contributed by atoms with Gasteiger partial charge in [0.05, 0.1) is 25.4 Å². The van der Waals surface area contributed by atoms with E-state index >= 15 is 0 Å². The first-order valence-corrected chi connectivity index (χ1v) is 8.43. The Morgan fingerprint density at radius 2 is 1.73 bits per heavy atom. The molecule has 26 heavy (non-hydrogen) atoms. The van der Waals surface area contributed by atoms with Gasteiger partial charge in [0.2, 0.25) is 5.91 Å². The maximum absolute atomic E-state index is 13.3. The molecule has 0 spiro atoms. The lowest BCUT2D eigenvalue weighted by molar-refractivity contribution is -0.122. The van der Waals surface area contributed by atoms with Gasteiger partial charge < -0.3 is 9.73 Å². The van der Waals surface area contributed by atoms with Gasteiger partial charge in [-0.05, 0) is 42.4 Å². The fourth-order valence-electron chi connectivity index (χ4n) is 2.95. The molecule has 0 fully saturated rings. The molecule has 0 aliphatic carbocycles. The number of furan rings is 1. The van der Waals surface area contributed by atoms with Crippen LogP contribution in [-0.4, -0.2) is 24.4 Å². The van der Waals surface area contributed by atoms with Crippen LogP contribution in [0.1, 0.15) is 22.9 Å². The fourth-order valence-corrected chi connectivity index (χ4v) is 2.95. The van der Waals surface area contributed by atoms with Crippen LogP contribution >= 0.6 is 0 Å². The number of nitrogens with zero attached hydrogens (tertiary/aromatic N) is 1. The summed E-state index contributed by atoms with van der Waals surface area (Å²) < 4.78 is 18.5. The number of carbonyl (C=O) groups is 1. The van der Waals surface area contributed by atoms with Crippen molar-refractivity contribution in [3.8, 4) is 0 Å². The Bertz CT molecular complexity index is 817. The van der Waals surface area contributed by atoms with Crippen molar-refractivity contribution in [2.75, 3.05) is 13.6 Å². The minimum atomic E-state index is -0.278. The van der Waals surface area contributed by atoms with Crippen molar-refractivity contribution in [3.05, 3.63) is 95.7 Å². The maximum atomic E-state index is 13.3. The van der Waals surface area contributed by atoms with Gasteiger partial charge in [-0.1, -0.05) is 42.5 Å². The van der Waals surface area contributed by atoms with Crippen LogP contribution < -0.4 is 5.32 Å². The number of likely N-dealkylation sites (N-methyl/N-ethyl adjacent to an activating group) is 1. The SMILES string of the molecule is CN(CC(=O)NCc1ccco1)C(c1ccccc1)c1ccc(F)cc1. The van der Waals surface area contributed by atoms with E-state index in [9.17, 15) is 9.18 Å². The normalized spacial score (nSPS) is 12.1. The Kier molecular flexibility index (Phi) is 5.81. The topological polar surface area (TPSA) is 45.5 Å². The Morgan fingerprint density at radius 3 is 2.38 bits per heavy atom. The number of rotatable bonds is 7. The van der Waals surface area contributed by atoms with E-state index in [0.29, 0.717) is 12.3 Å². The molecule has 0 aliphatic rings. The average Bonchev–Trinajstić information content (AvgIpc) is 3.16. The smallest absolute Gasteiger partial charge is 0.234 e. The zero-order valence-corrected chi connectivity index (χ0v) is 14.6. The predicted octanol–water partition coefficient (Wildman–Crippen LogP) is 3.76. The van der Waals surface area contributed by atoms with Gasteiger partial charge in [0, 0.05) is 0 Å². The lowest BCUT2D eigenvalue weighted by Crippen LogP contribution is -2.37. The lowest BCUT2D eigenvalue weighted by Gasteiger charge is -2.28. The summed E-state index contributed by atoms with van der Waals surface area (Å²) >= 11 is 0. The highest BCUT2D eigenvalue weighted by atomic mass is 19.1. The van der Waals surface area contributed by atoms with E-state index in [1.807, 2.05) is 48.3 Å². The van der Waals surface area contributed by atoms with Crippen LogP contribution in [0.5, 0.6) is 0 Å². The van der Waals surface area contributed by atoms with Crippen LogP contribution in [0.2, 0.25) is 0 Å². The third-order valence-electron chi connectivity index (χ3n) is 4.17. The largest absolute Gasteiger partial charge is 0.467 e. The van der Waals surface area contributed by atoms with Crippen LogP contribution in [0.25, 0.3) is 0 Å². The summed E-state index contributed by atoms with van der Waals surface area (Å²) in [4.78, 5) is 14.3. The van der Waals surface area contributed by atoms with E-state index in [2.05, 4.69) is 5.32 Å². The van der Waals surface area contributed by atoms with Crippen molar-refractivity contribution in [1.82, 2.24) is 10.2 Å². The third kappa shape index (κ3) is 4.58. The van der Waals surface area contributed by atoms with E-state index in [1.54, 1.807) is 24.5 Å². The molecule has 1 unspecified atom stereocenters. The highest BCUT2D eigenvalue weighted by molar-refractivity contribution is 5.78. The van der Waals surface area contributed by atoms with Crippen LogP contribution in [0.3, 0.4) is 0 Å². The predicted molar refractivity (Wildman–Crippen MR) is 97.9 cm³/mol. The molecule has 1 atom stereocenters. The van der Waals surface area contributed by atoms with Gasteiger partial charge in [-0.15, -0.1) is 0 Å². The van der Waals surface area contributed by atoms with Crippen molar-refractivity contribution in [1.29, 1.82) is 0 Å². The molecule has 1 N–H and O–H groups in total. The number of benzene rings is 2. The van der Waals surface area contributed by atoms with E-state index < -0.39 is 0 Å². The summed E-state index contributed by atoms with van der Waals surface area (Å²) in [6, 6.07) is 19.7. The molecule has 1 amide bonds. The van der Waals surface area contributed by atoms with Crippen molar-refractivity contribution in [2.24, 2.45) is 0 Å². The van der Waals surface area contributed by atoms with Gasteiger partial charge in [0.15, 0.2) is 0 Å². The van der Waals surface area contributed by atoms with E-state index in [0.717, 1.165) is 11.1 Å². The van der Waals surface area contributed by atoms with Gasteiger partial charge in [0.25, 0.3) is 0 Å². The maximum Gasteiger partial charge on any atom is 0.234 e. The minimum absolute atomic E-state index is 0.105. The first-order chi connectivity index (χ1) is 12.6. The lowest BCUT2D eigenvalue weighted by atomic mass is 9.97. The molecule has 0 saturated carbocycles. The average molecular weight is 352 g/mol. The summed E-state index contributed by atoms with van der Waals surface area (Å²) in [6.45, 7) is 0.559. The summed E-state index contributed by atoms with van der Waals surface area (Å²) in [5.74, 6) is 0.325. The summed E-state index contributed by atoms with van der Waals surface area (Å²) in [5.41, 5.74) is 1.97. The third-order valence-corrected chi connectivity index (χ3v) is 4.17. The van der Waals surface area contributed by atoms with Crippen molar-refractivity contribution < 1.29 is 13.6 Å².